The molecular weight excluding hydrogens is 436 g/mol. The Balaban J connectivity index is 1.75. The fourth-order valence-electron chi connectivity index (χ4n) is 2.80. The van der Waals surface area contributed by atoms with Crippen molar-refractivity contribution in [1.29, 1.82) is 0 Å². The largest absolute Gasteiger partial charge is 0.444 e. The summed E-state index contributed by atoms with van der Waals surface area (Å²) < 4.78 is 7.57. The van der Waals surface area contributed by atoms with Crippen LogP contribution in [0.1, 0.15) is 39.2 Å². The van der Waals surface area contributed by atoms with Crippen molar-refractivity contribution in [3.63, 3.8) is 0 Å². The van der Waals surface area contributed by atoms with Crippen LogP contribution in [0.4, 0.5) is 4.79 Å². The van der Waals surface area contributed by atoms with Crippen LogP contribution in [0.15, 0.2) is 27.1 Å². The van der Waals surface area contributed by atoms with Crippen LogP contribution in [0.3, 0.4) is 0 Å². The molecule has 0 atom stereocenters. The molecule has 0 aromatic heterocycles. The normalized spacial score (nSPS) is 16.9. The molecule has 2 rings (SSSR count). The first kappa shape index (κ1) is 19.7. The number of hydrogen-bond donors (Lipinski definition) is 1. The van der Waals surface area contributed by atoms with Crippen LogP contribution in [-0.4, -0.2) is 36.2 Å². The number of halogens is 2. The van der Waals surface area contributed by atoms with Gasteiger partial charge in [-0.1, -0.05) is 37.9 Å². The molecule has 134 valence electrons. The summed E-state index contributed by atoms with van der Waals surface area (Å²) in [5.41, 5.74) is 0.854. The molecule has 0 radical (unpaired) electrons. The molecular formula is C18H26Br2N2O2. The molecule has 4 nitrogen and oxygen atoms in total. The lowest BCUT2D eigenvalue weighted by molar-refractivity contribution is 0.0509. The van der Waals surface area contributed by atoms with E-state index in [4.69, 9.17) is 4.74 Å². The minimum Gasteiger partial charge on any atom is -0.444 e. The van der Waals surface area contributed by atoms with Gasteiger partial charge in [0.05, 0.1) is 0 Å². The van der Waals surface area contributed by atoms with Crippen LogP contribution in [0.5, 0.6) is 0 Å². The maximum atomic E-state index is 11.7. The van der Waals surface area contributed by atoms with Gasteiger partial charge in [-0.2, -0.15) is 0 Å². The summed E-state index contributed by atoms with van der Waals surface area (Å²) in [6.07, 6.45) is 1.87. The number of hydrogen-bond acceptors (Lipinski definition) is 3. The van der Waals surface area contributed by atoms with E-state index in [1.54, 1.807) is 0 Å². The molecule has 1 fully saturated rings. The maximum absolute atomic E-state index is 11.7. The molecule has 24 heavy (non-hydrogen) atoms. The molecule has 1 N–H and O–H groups in total. The molecule has 1 aliphatic heterocycles. The Kier molecular flexibility index (Phi) is 7.13. The predicted molar refractivity (Wildman–Crippen MR) is 104 cm³/mol. The smallest absolute Gasteiger partial charge is 0.407 e. The molecule has 0 aliphatic carbocycles. The molecule has 1 amide bonds. The van der Waals surface area contributed by atoms with Gasteiger partial charge in [-0.3, -0.25) is 4.90 Å². The van der Waals surface area contributed by atoms with Crippen LogP contribution in [0, 0.1) is 5.92 Å². The molecule has 1 aromatic rings. The van der Waals surface area contributed by atoms with Gasteiger partial charge in [0.2, 0.25) is 0 Å². The van der Waals surface area contributed by atoms with Gasteiger partial charge >= 0.3 is 6.09 Å². The van der Waals surface area contributed by atoms with E-state index in [1.807, 2.05) is 26.8 Å². The Morgan fingerprint density at radius 2 is 1.83 bits per heavy atom. The second-order valence-corrected chi connectivity index (χ2v) is 9.01. The Morgan fingerprint density at radius 1 is 1.25 bits per heavy atom. The average Bonchev–Trinajstić information content (AvgIpc) is 2.48. The van der Waals surface area contributed by atoms with Gasteiger partial charge in [0, 0.05) is 22.0 Å². The van der Waals surface area contributed by atoms with Crippen LogP contribution in [0.2, 0.25) is 0 Å². The van der Waals surface area contributed by atoms with Crippen molar-refractivity contribution < 1.29 is 9.53 Å². The van der Waals surface area contributed by atoms with Gasteiger partial charge in [0.25, 0.3) is 0 Å². The van der Waals surface area contributed by atoms with Gasteiger partial charge in [-0.05, 0) is 70.3 Å². The highest BCUT2D eigenvalue weighted by Crippen LogP contribution is 2.28. The van der Waals surface area contributed by atoms with Gasteiger partial charge in [-0.15, -0.1) is 0 Å². The van der Waals surface area contributed by atoms with Gasteiger partial charge < -0.3 is 10.1 Å². The van der Waals surface area contributed by atoms with Gasteiger partial charge in [0.1, 0.15) is 5.60 Å². The van der Waals surface area contributed by atoms with E-state index in [9.17, 15) is 4.79 Å². The maximum Gasteiger partial charge on any atom is 0.407 e. The second-order valence-electron chi connectivity index (χ2n) is 7.30. The Morgan fingerprint density at radius 3 is 2.38 bits per heavy atom. The van der Waals surface area contributed by atoms with Crippen molar-refractivity contribution in [3.05, 3.63) is 32.7 Å². The second kappa shape index (κ2) is 8.68. The number of alkyl carbamates (subject to hydrolysis) is 1. The highest BCUT2D eigenvalue weighted by molar-refractivity contribution is 9.11. The zero-order valence-corrected chi connectivity index (χ0v) is 17.7. The summed E-state index contributed by atoms with van der Waals surface area (Å²) in [5.74, 6) is 0.524. The number of benzene rings is 1. The summed E-state index contributed by atoms with van der Waals surface area (Å²) in [5, 5.41) is 2.90. The summed E-state index contributed by atoms with van der Waals surface area (Å²) in [6, 6.07) is 6.20. The first-order chi connectivity index (χ1) is 11.2. The lowest BCUT2D eigenvalue weighted by atomic mass is 9.96. The number of likely N-dealkylation sites (tertiary alicyclic amines) is 1. The Labute approximate surface area is 161 Å². The van der Waals surface area contributed by atoms with Crippen LogP contribution >= 0.6 is 31.9 Å². The Bertz CT molecular complexity index is 544. The van der Waals surface area contributed by atoms with Gasteiger partial charge in [-0.25, -0.2) is 4.79 Å². The number of rotatable bonds is 4. The molecule has 0 bridgehead atoms. The molecule has 1 heterocycles. The van der Waals surface area contributed by atoms with E-state index in [2.05, 4.69) is 54.2 Å². The van der Waals surface area contributed by atoms with E-state index in [1.165, 1.54) is 5.56 Å². The molecule has 0 spiro atoms. The Hall–Kier alpha value is -0.590. The molecule has 1 aromatic carbocycles. The van der Waals surface area contributed by atoms with Crippen molar-refractivity contribution in [1.82, 2.24) is 10.2 Å². The first-order valence-electron chi connectivity index (χ1n) is 8.36. The average molecular weight is 462 g/mol. The minimum atomic E-state index is -0.441. The highest BCUT2D eigenvalue weighted by atomic mass is 79.9. The van der Waals surface area contributed by atoms with Crippen molar-refractivity contribution in [2.24, 2.45) is 5.92 Å². The number of carbonyl (C=O) groups excluding carboxylic acids is 1. The molecule has 1 saturated heterocycles. The summed E-state index contributed by atoms with van der Waals surface area (Å²) in [4.78, 5) is 14.2. The number of amides is 1. The number of ether oxygens (including phenoxy) is 1. The van der Waals surface area contributed by atoms with E-state index in [0.29, 0.717) is 12.5 Å². The quantitative estimate of drug-likeness (QED) is 0.689. The zero-order valence-electron chi connectivity index (χ0n) is 14.6. The third kappa shape index (κ3) is 6.37. The lowest BCUT2D eigenvalue weighted by Gasteiger charge is -2.32. The number of nitrogens with one attached hydrogen (secondary N) is 1. The SMILES string of the molecule is CC(C)(C)OC(=O)NCC1CCN(Cc2c(Br)cccc2Br)CC1. The van der Waals surface area contributed by atoms with Crippen LogP contribution in [-0.2, 0) is 11.3 Å². The monoisotopic (exact) mass is 460 g/mol. The molecule has 0 saturated carbocycles. The fraction of sp³-hybridized carbons (Fsp3) is 0.611. The van der Waals surface area contributed by atoms with E-state index in [-0.39, 0.29) is 6.09 Å². The molecule has 6 heteroatoms. The number of nitrogens with zero attached hydrogens (tertiary/aromatic N) is 1. The first-order valence-corrected chi connectivity index (χ1v) is 9.95. The van der Waals surface area contributed by atoms with Crippen molar-refractivity contribution in [3.8, 4) is 0 Å². The number of carbonyl (C=O) groups is 1. The highest BCUT2D eigenvalue weighted by Gasteiger charge is 2.22. The van der Waals surface area contributed by atoms with E-state index < -0.39 is 5.60 Å². The lowest BCUT2D eigenvalue weighted by Crippen LogP contribution is -2.40. The van der Waals surface area contributed by atoms with Crippen molar-refractivity contribution in [2.75, 3.05) is 19.6 Å². The van der Waals surface area contributed by atoms with E-state index in [0.717, 1.165) is 41.4 Å². The van der Waals surface area contributed by atoms with Crippen LogP contribution in [0.25, 0.3) is 0 Å². The van der Waals surface area contributed by atoms with E-state index >= 15 is 0 Å². The summed E-state index contributed by atoms with van der Waals surface area (Å²) >= 11 is 7.26. The number of piperidine rings is 1. The third-order valence-electron chi connectivity index (χ3n) is 4.08. The third-order valence-corrected chi connectivity index (χ3v) is 5.57. The zero-order chi connectivity index (χ0) is 17.7. The summed E-state index contributed by atoms with van der Waals surface area (Å²) in [7, 11) is 0. The molecule has 1 aliphatic rings. The van der Waals surface area contributed by atoms with Crippen molar-refractivity contribution >= 4 is 38.0 Å². The van der Waals surface area contributed by atoms with Gasteiger partial charge in [0.15, 0.2) is 0 Å². The van der Waals surface area contributed by atoms with Crippen LogP contribution < -0.4 is 5.32 Å². The minimum absolute atomic E-state index is 0.318. The fourth-order valence-corrected chi connectivity index (χ4v) is 4.05. The standard InChI is InChI=1S/C18H26Br2N2O2/c1-18(2,3)24-17(23)21-11-13-7-9-22(10-8-13)12-14-15(19)5-4-6-16(14)20/h4-6,13H,7-12H2,1-3H3,(H,21,23). The summed E-state index contributed by atoms with van der Waals surface area (Å²) in [6.45, 7) is 9.37. The van der Waals surface area contributed by atoms with Crippen molar-refractivity contribution in [2.45, 2.75) is 45.8 Å². The predicted octanol–water partition coefficient (Wildman–Crippen LogP) is 4.95. The topological polar surface area (TPSA) is 41.6 Å². The molecule has 0 unspecified atom stereocenters.